The van der Waals surface area contributed by atoms with Gasteiger partial charge in [-0.05, 0) is 46.2 Å². The molecule has 1 aromatic carbocycles. The van der Waals surface area contributed by atoms with Crippen LogP contribution in [0.5, 0.6) is 0 Å². The highest BCUT2D eigenvalue weighted by Crippen LogP contribution is 2.46. The number of aliphatic hydroxyl groups excluding tert-OH is 1. The van der Waals surface area contributed by atoms with Crippen LogP contribution in [-0.4, -0.2) is 80.2 Å². The number of methoxy groups -OCH3 is 2. The first-order valence-corrected chi connectivity index (χ1v) is 11.8. The number of carbonyl (C=O) groups is 3. The van der Waals surface area contributed by atoms with Crippen molar-refractivity contribution in [2.75, 3.05) is 27.4 Å². The van der Waals surface area contributed by atoms with E-state index in [0.717, 1.165) is 24.7 Å². The lowest BCUT2D eigenvalue weighted by Crippen LogP contribution is -2.55. The van der Waals surface area contributed by atoms with Crippen LogP contribution in [0.2, 0.25) is 0 Å². The van der Waals surface area contributed by atoms with E-state index in [4.69, 9.17) is 14.2 Å². The van der Waals surface area contributed by atoms with E-state index in [0.29, 0.717) is 0 Å². The van der Waals surface area contributed by atoms with Crippen LogP contribution in [0.4, 0.5) is 4.79 Å². The van der Waals surface area contributed by atoms with Gasteiger partial charge in [-0.25, -0.2) is 18.0 Å². The summed E-state index contributed by atoms with van der Waals surface area (Å²) in [6, 6.07) is 4.31. The Bertz CT molecular complexity index is 998. The second kappa shape index (κ2) is 9.68. The average molecular weight is 486 g/mol. The van der Waals surface area contributed by atoms with E-state index >= 15 is 0 Å². The Labute approximate surface area is 193 Å². The molecule has 1 N–H and O–H groups in total. The quantitative estimate of drug-likeness (QED) is 0.469. The number of benzene rings is 1. The molecule has 3 atom stereocenters. The van der Waals surface area contributed by atoms with Gasteiger partial charge in [-0.15, -0.1) is 0 Å². The van der Waals surface area contributed by atoms with Crippen molar-refractivity contribution in [1.82, 2.24) is 4.90 Å². The van der Waals surface area contributed by atoms with E-state index in [2.05, 4.69) is 0 Å². The second-order valence-corrected chi connectivity index (χ2v) is 11.1. The lowest BCUT2D eigenvalue weighted by Gasteiger charge is -2.32. The molecule has 1 aliphatic rings. The molecule has 33 heavy (non-hydrogen) atoms. The molecule has 2 rings (SSSR count). The molecule has 0 saturated carbocycles. The zero-order valence-electron chi connectivity index (χ0n) is 19.7. The predicted octanol–water partition coefficient (Wildman–Crippen LogP) is 1.47. The number of hydrogen-bond donors (Lipinski definition) is 1. The fourth-order valence-corrected chi connectivity index (χ4v) is 6.26. The van der Waals surface area contributed by atoms with Crippen LogP contribution >= 0.6 is 0 Å². The number of amides is 1. The van der Waals surface area contributed by atoms with Crippen LogP contribution in [0.1, 0.15) is 32.8 Å². The molecule has 184 valence electrons. The van der Waals surface area contributed by atoms with E-state index in [1.165, 1.54) is 12.1 Å². The van der Waals surface area contributed by atoms with Gasteiger partial charge in [0.25, 0.3) is 0 Å². The average Bonchev–Trinajstić information content (AvgIpc) is 3.09. The molecule has 1 saturated heterocycles. The van der Waals surface area contributed by atoms with E-state index in [9.17, 15) is 27.9 Å². The van der Waals surface area contributed by atoms with Crippen molar-refractivity contribution in [2.45, 2.75) is 55.4 Å². The standard InChI is InChI=1S/C22H31NO9S/c1-14-7-9-15(10-8-14)33(28,29)22(19(26)31-6)13-23(20(27)32-21(2,3)4)17(18(25)30-5)16(22)11-12-24/h7-10,16-17,24H,11-13H2,1-6H3/t16-,17+,22+/m1/s1. The van der Waals surface area contributed by atoms with Crippen LogP contribution in [0.25, 0.3) is 0 Å². The van der Waals surface area contributed by atoms with Gasteiger partial charge in [-0.1, -0.05) is 17.7 Å². The third-order valence-corrected chi connectivity index (χ3v) is 8.02. The van der Waals surface area contributed by atoms with E-state index < -0.39 is 63.3 Å². The van der Waals surface area contributed by atoms with Crippen LogP contribution < -0.4 is 0 Å². The lowest BCUT2D eigenvalue weighted by atomic mass is 9.86. The third-order valence-electron chi connectivity index (χ3n) is 5.57. The molecule has 1 fully saturated rings. The predicted molar refractivity (Wildman–Crippen MR) is 117 cm³/mol. The van der Waals surface area contributed by atoms with Crippen molar-refractivity contribution in [3.05, 3.63) is 29.8 Å². The van der Waals surface area contributed by atoms with Gasteiger partial charge in [0.15, 0.2) is 14.6 Å². The number of ether oxygens (including phenoxy) is 3. The smallest absolute Gasteiger partial charge is 0.411 e. The summed E-state index contributed by atoms with van der Waals surface area (Å²) < 4.78 is 40.7. The SMILES string of the molecule is COC(=O)[C@@H]1[C@@H](CCO)[C@@](C(=O)OC)(S(=O)(=O)c2ccc(C)cc2)CN1C(=O)OC(C)(C)C. The first kappa shape index (κ1) is 26.6. The van der Waals surface area contributed by atoms with Gasteiger partial charge in [-0.3, -0.25) is 9.69 Å². The number of aryl methyl sites for hydroxylation is 1. The van der Waals surface area contributed by atoms with Crippen molar-refractivity contribution < 1.29 is 42.1 Å². The number of aliphatic hydroxyl groups is 1. The van der Waals surface area contributed by atoms with Gasteiger partial charge in [-0.2, -0.15) is 0 Å². The summed E-state index contributed by atoms with van der Waals surface area (Å²) in [5.74, 6) is -3.45. The van der Waals surface area contributed by atoms with Gasteiger partial charge in [0.2, 0.25) is 0 Å². The highest BCUT2D eigenvalue weighted by Gasteiger charge is 2.69. The van der Waals surface area contributed by atoms with Crippen LogP contribution in [0.15, 0.2) is 29.2 Å². The highest BCUT2D eigenvalue weighted by atomic mass is 32.2. The van der Waals surface area contributed by atoms with Crippen molar-refractivity contribution in [1.29, 1.82) is 0 Å². The molecule has 0 radical (unpaired) electrons. The Morgan fingerprint density at radius 1 is 1.12 bits per heavy atom. The summed E-state index contributed by atoms with van der Waals surface area (Å²) in [6.45, 7) is 5.33. The number of likely N-dealkylation sites (tertiary alicyclic amines) is 1. The molecule has 0 aliphatic carbocycles. The molecule has 10 nitrogen and oxygen atoms in total. The molecule has 0 unspecified atom stereocenters. The topological polar surface area (TPSA) is 137 Å². The van der Waals surface area contributed by atoms with Gasteiger partial charge in [0, 0.05) is 12.5 Å². The number of rotatable bonds is 6. The molecule has 11 heteroatoms. The van der Waals surface area contributed by atoms with Crippen molar-refractivity contribution in [2.24, 2.45) is 5.92 Å². The number of hydrogen-bond acceptors (Lipinski definition) is 9. The summed E-state index contributed by atoms with van der Waals surface area (Å²) in [5, 5.41) is 9.74. The first-order valence-electron chi connectivity index (χ1n) is 10.3. The Morgan fingerprint density at radius 2 is 1.70 bits per heavy atom. The van der Waals surface area contributed by atoms with Gasteiger partial charge >= 0.3 is 18.0 Å². The maximum absolute atomic E-state index is 13.9. The summed E-state index contributed by atoms with van der Waals surface area (Å²) in [6.07, 6.45) is -1.29. The number of carbonyl (C=O) groups excluding carboxylic acids is 3. The normalized spacial score (nSPS) is 23.2. The number of esters is 2. The Hall–Kier alpha value is -2.66. The van der Waals surface area contributed by atoms with E-state index in [-0.39, 0.29) is 11.3 Å². The Kier molecular flexibility index (Phi) is 7.80. The minimum absolute atomic E-state index is 0.184. The summed E-state index contributed by atoms with van der Waals surface area (Å²) in [4.78, 5) is 39.7. The van der Waals surface area contributed by atoms with Gasteiger partial charge in [0.1, 0.15) is 11.6 Å². The number of sulfone groups is 1. The minimum Gasteiger partial charge on any atom is -0.468 e. The van der Waals surface area contributed by atoms with Crippen LogP contribution in [0, 0.1) is 12.8 Å². The van der Waals surface area contributed by atoms with Crippen LogP contribution in [-0.2, 0) is 33.6 Å². The Balaban J connectivity index is 2.81. The maximum Gasteiger partial charge on any atom is 0.411 e. The molecular formula is C22H31NO9S. The highest BCUT2D eigenvalue weighted by molar-refractivity contribution is 7.93. The molecule has 1 aromatic rings. The van der Waals surface area contributed by atoms with E-state index in [1.807, 2.05) is 0 Å². The first-order chi connectivity index (χ1) is 15.3. The maximum atomic E-state index is 13.9. The zero-order chi connectivity index (χ0) is 25.2. The molecule has 1 aliphatic heterocycles. The minimum atomic E-state index is -4.53. The van der Waals surface area contributed by atoms with Crippen LogP contribution in [0.3, 0.4) is 0 Å². The van der Waals surface area contributed by atoms with E-state index in [1.54, 1.807) is 39.8 Å². The van der Waals surface area contributed by atoms with Crippen molar-refractivity contribution in [3.63, 3.8) is 0 Å². The fraction of sp³-hybridized carbons (Fsp3) is 0.591. The molecular weight excluding hydrogens is 454 g/mol. The molecule has 0 aromatic heterocycles. The summed E-state index contributed by atoms with van der Waals surface area (Å²) in [5.41, 5.74) is -0.168. The second-order valence-electron chi connectivity index (χ2n) is 8.89. The van der Waals surface area contributed by atoms with Gasteiger partial charge < -0.3 is 19.3 Å². The van der Waals surface area contributed by atoms with Gasteiger partial charge in [0.05, 0.1) is 25.7 Å². The van der Waals surface area contributed by atoms with Crippen molar-refractivity contribution in [3.8, 4) is 0 Å². The Morgan fingerprint density at radius 3 is 2.15 bits per heavy atom. The largest absolute Gasteiger partial charge is 0.468 e. The number of nitrogens with zero attached hydrogens (tertiary/aromatic N) is 1. The van der Waals surface area contributed by atoms with Crippen molar-refractivity contribution >= 4 is 27.9 Å². The monoisotopic (exact) mass is 485 g/mol. The molecule has 1 amide bonds. The zero-order valence-corrected chi connectivity index (χ0v) is 20.5. The molecule has 0 spiro atoms. The molecule has 0 bridgehead atoms. The summed E-state index contributed by atoms with van der Waals surface area (Å²) in [7, 11) is -2.42. The molecule has 1 heterocycles. The fourth-order valence-electron chi connectivity index (χ4n) is 4.09. The lowest BCUT2D eigenvalue weighted by molar-refractivity contribution is -0.148. The third kappa shape index (κ3) is 4.84. The summed E-state index contributed by atoms with van der Waals surface area (Å²) >= 11 is 0.